The summed E-state index contributed by atoms with van der Waals surface area (Å²) in [5, 5.41) is 15.1. The molecule has 22 heavy (non-hydrogen) atoms. The molecule has 2 N–H and O–H groups in total. The SMILES string of the molecule is Cc1ccc(C(C)(CF)CF)cc1-n1nccc1NC(=O)O. The number of nitrogens with zero attached hydrogens (tertiary/aromatic N) is 2. The van der Waals surface area contributed by atoms with Crippen LogP contribution in [0.2, 0.25) is 0 Å². The first-order valence-corrected chi connectivity index (χ1v) is 6.68. The second-order valence-corrected chi connectivity index (χ2v) is 5.39. The maximum Gasteiger partial charge on any atom is 0.410 e. The van der Waals surface area contributed by atoms with Crippen molar-refractivity contribution < 1.29 is 18.7 Å². The van der Waals surface area contributed by atoms with Crippen LogP contribution in [0.5, 0.6) is 0 Å². The minimum absolute atomic E-state index is 0.259. The Bertz CT molecular complexity index is 681. The van der Waals surface area contributed by atoms with Crippen molar-refractivity contribution in [3.8, 4) is 5.69 Å². The monoisotopic (exact) mass is 309 g/mol. The van der Waals surface area contributed by atoms with Gasteiger partial charge in [-0.3, -0.25) is 14.1 Å². The van der Waals surface area contributed by atoms with Crippen LogP contribution in [-0.4, -0.2) is 34.3 Å². The first-order chi connectivity index (χ1) is 10.4. The van der Waals surface area contributed by atoms with Crippen molar-refractivity contribution in [2.45, 2.75) is 19.3 Å². The molecule has 0 unspecified atom stereocenters. The van der Waals surface area contributed by atoms with Crippen molar-refractivity contribution in [3.63, 3.8) is 0 Å². The fraction of sp³-hybridized carbons (Fsp3) is 0.333. The number of anilines is 1. The van der Waals surface area contributed by atoms with Crippen molar-refractivity contribution in [2.24, 2.45) is 0 Å². The van der Waals surface area contributed by atoms with Crippen LogP contribution in [0.15, 0.2) is 30.5 Å². The van der Waals surface area contributed by atoms with E-state index < -0.39 is 24.9 Å². The molecule has 1 aromatic carbocycles. The van der Waals surface area contributed by atoms with Crippen LogP contribution in [0.4, 0.5) is 19.4 Å². The van der Waals surface area contributed by atoms with E-state index in [2.05, 4.69) is 10.4 Å². The third kappa shape index (κ3) is 2.93. The van der Waals surface area contributed by atoms with Gasteiger partial charge in [0.25, 0.3) is 0 Å². The van der Waals surface area contributed by atoms with Gasteiger partial charge in [0.05, 0.1) is 11.9 Å². The van der Waals surface area contributed by atoms with Gasteiger partial charge in [-0.05, 0) is 24.1 Å². The Morgan fingerprint density at radius 2 is 2.05 bits per heavy atom. The van der Waals surface area contributed by atoms with Crippen LogP contribution in [0.25, 0.3) is 5.69 Å². The van der Waals surface area contributed by atoms with Gasteiger partial charge in [0, 0.05) is 11.5 Å². The van der Waals surface area contributed by atoms with E-state index in [9.17, 15) is 13.6 Å². The zero-order valence-corrected chi connectivity index (χ0v) is 12.3. The average molecular weight is 309 g/mol. The Kier molecular flexibility index (Phi) is 4.44. The second kappa shape index (κ2) is 6.13. The molecule has 0 radical (unpaired) electrons. The second-order valence-electron chi connectivity index (χ2n) is 5.39. The predicted octanol–water partition coefficient (Wildman–Crippen LogP) is 3.47. The maximum absolute atomic E-state index is 13.2. The molecule has 1 heterocycles. The molecule has 1 aromatic heterocycles. The van der Waals surface area contributed by atoms with E-state index in [1.54, 1.807) is 18.2 Å². The number of nitrogens with one attached hydrogen (secondary N) is 1. The van der Waals surface area contributed by atoms with E-state index >= 15 is 0 Å². The molecule has 0 aliphatic carbocycles. The van der Waals surface area contributed by atoms with Crippen molar-refractivity contribution in [1.29, 1.82) is 0 Å². The molecule has 0 fully saturated rings. The van der Waals surface area contributed by atoms with Gasteiger partial charge in [-0.25, -0.2) is 9.48 Å². The van der Waals surface area contributed by atoms with Crippen LogP contribution < -0.4 is 5.32 Å². The third-order valence-electron chi connectivity index (χ3n) is 3.60. The lowest BCUT2D eigenvalue weighted by Crippen LogP contribution is -2.27. The summed E-state index contributed by atoms with van der Waals surface area (Å²) in [6, 6.07) is 6.55. The Hall–Kier alpha value is -2.44. The number of alkyl halides is 2. The molecule has 2 rings (SSSR count). The fourth-order valence-corrected chi connectivity index (χ4v) is 2.10. The topological polar surface area (TPSA) is 67.2 Å². The molecule has 0 bridgehead atoms. The number of carboxylic acid groups (broad SMARTS) is 1. The van der Waals surface area contributed by atoms with Gasteiger partial charge < -0.3 is 5.11 Å². The van der Waals surface area contributed by atoms with Crippen LogP contribution in [-0.2, 0) is 5.41 Å². The summed E-state index contributed by atoms with van der Waals surface area (Å²) < 4.78 is 27.8. The van der Waals surface area contributed by atoms with Gasteiger partial charge in [-0.2, -0.15) is 5.10 Å². The van der Waals surface area contributed by atoms with Gasteiger partial charge in [0.1, 0.15) is 19.2 Å². The number of halogens is 2. The third-order valence-corrected chi connectivity index (χ3v) is 3.60. The summed E-state index contributed by atoms with van der Waals surface area (Å²) in [7, 11) is 0. The number of rotatable bonds is 5. The number of amides is 1. The standard InChI is InChI=1S/C15H17F2N3O2/c1-10-3-4-11(15(2,8-16)9-17)7-12(10)20-13(5-6-18-20)19-14(21)22/h3-7,19H,8-9H2,1-2H3,(H,21,22). The molecule has 0 aliphatic heterocycles. The number of aromatic nitrogens is 2. The smallest absolute Gasteiger partial charge is 0.410 e. The Morgan fingerprint density at radius 1 is 1.36 bits per heavy atom. The van der Waals surface area contributed by atoms with Crippen LogP contribution in [0, 0.1) is 6.92 Å². The zero-order valence-electron chi connectivity index (χ0n) is 12.3. The Labute approximate surface area is 126 Å². The number of hydrogen-bond donors (Lipinski definition) is 2. The molecule has 0 spiro atoms. The highest BCUT2D eigenvalue weighted by molar-refractivity contribution is 5.82. The molecule has 1 amide bonds. The van der Waals surface area contributed by atoms with Gasteiger partial charge >= 0.3 is 6.09 Å². The molecule has 7 heteroatoms. The van der Waals surface area contributed by atoms with Crippen LogP contribution in [0.1, 0.15) is 18.1 Å². The van der Waals surface area contributed by atoms with E-state index in [4.69, 9.17) is 5.11 Å². The predicted molar refractivity (Wildman–Crippen MR) is 79.3 cm³/mol. The maximum atomic E-state index is 13.2. The number of aryl methyl sites for hydroxylation is 1. The Morgan fingerprint density at radius 3 is 2.64 bits per heavy atom. The lowest BCUT2D eigenvalue weighted by Gasteiger charge is -2.24. The van der Waals surface area contributed by atoms with Crippen molar-refractivity contribution in [3.05, 3.63) is 41.6 Å². The zero-order chi connectivity index (χ0) is 16.3. The summed E-state index contributed by atoms with van der Waals surface area (Å²) in [6.07, 6.45) is 0.230. The molecule has 0 saturated carbocycles. The first kappa shape index (κ1) is 15.9. The number of hydrogen-bond acceptors (Lipinski definition) is 2. The lowest BCUT2D eigenvalue weighted by atomic mass is 9.84. The minimum atomic E-state index is -1.23. The first-order valence-electron chi connectivity index (χ1n) is 6.68. The number of benzene rings is 1. The molecule has 0 atom stereocenters. The fourth-order valence-electron chi connectivity index (χ4n) is 2.10. The molecule has 0 aliphatic rings. The molecular formula is C15H17F2N3O2. The average Bonchev–Trinajstić information content (AvgIpc) is 2.94. The molecule has 5 nitrogen and oxygen atoms in total. The van der Waals surface area contributed by atoms with Crippen LogP contribution in [0.3, 0.4) is 0 Å². The van der Waals surface area contributed by atoms with E-state index in [0.717, 1.165) is 5.56 Å². The van der Waals surface area contributed by atoms with Crippen LogP contribution >= 0.6 is 0 Å². The van der Waals surface area contributed by atoms with Gasteiger partial charge in [0.15, 0.2) is 0 Å². The summed E-state index contributed by atoms with van der Waals surface area (Å²) >= 11 is 0. The van der Waals surface area contributed by atoms with E-state index in [1.807, 2.05) is 6.92 Å². The minimum Gasteiger partial charge on any atom is -0.465 e. The normalized spacial score (nSPS) is 11.5. The van der Waals surface area contributed by atoms with Crippen molar-refractivity contribution in [1.82, 2.24) is 9.78 Å². The van der Waals surface area contributed by atoms with Gasteiger partial charge in [-0.15, -0.1) is 0 Å². The molecule has 0 saturated heterocycles. The summed E-state index contributed by atoms with van der Waals surface area (Å²) in [5.74, 6) is 0.259. The highest BCUT2D eigenvalue weighted by atomic mass is 19.1. The highest BCUT2D eigenvalue weighted by Crippen LogP contribution is 2.29. The van der Waals surface area contributed by atoms with Crippen molar-refractivity contribution >= 4 is 11.9 Å². The highest BCUT2D eigenvalue weighted by Gasteiger charge is 2.28. The molecule has 118 valence electrons. The largest absolute Gasteiger partial charge is 0.465 e. The quantitative estimate of drug-likeness (QED) is 0.888. The summed E-state index contributed by atoms with van der Waals surface area (Å²) in [4.78, 5) is 10.8. The van der Waals surface area contributed by atoms with Gasteiger partial charge in [-0.1, -0.05) is 19.1 Å². The molecule has 2 aromatic rings. The summed E-state index contributed by atoms with van der Waals surface area (Å²) in [6.45, 7) is 1.66. The summed E-state index contributed by atoms with van der Waals surface area (Å²) in [5.41, 5.74) is 0.644. The molecular weight excluding hydrogens is 292 g/mol. The van der Waals surface area contributed by atoms with E-state index in [1.165, 1.54) is 23.9 Å². The van der Waals surface area contributed by atoms with E-state index in [0.29, 0.717) is 11.3 Å². The Balaban J connectivity index is 2.52. The van der Waals surface area contributed by atoms with Gasteiger partial charge in [0.2, 0.25) is 0 Å². The van der Waals surface area contributed by atoms with E-state index in [-0.39, 0.29) is 5.82 Å². The van der Waals surface area contributed by atoms with Crippen molar-refractivity contribution in [2.75, 3.05) is 18.7 Å². The number of carbonyl (C=O) groups is 1. The lowest BCUT2D eigenvalue weighted by molar-refractivity contribution is 0.209.